The topological polar surface area (TPSA) is 37.8 Å². The molecule has 6 heteroatoms. The van der Waals surface area contributed by atoms with Crippen LogP contribution in [0.4, 0.5) is 11.5 Å². The van der Waals surface area contributed by atoms with Gasteiger partial charge in [-0.2, -0.15) is 0 Å². The van der Waals surface area contributed by atoms with Crippen molar-refractivity contribution in [3.05, 3.63) is 81.8 Å². The third-order valence-corrected chi connectivity index (χ3v) is 4.78. The van der Waals surface area contributed by atoms with E-state index in [1.54, 1.807) is 12.1 Å². The average Bonchev–Trinajstić information content (AvgIpc) is 2.63. The van der Waals surface area contributed by atoms with Crippen molar-refractivity contribution in [3.8, 4) is 11.4 Å². The largest absolute Gasteiger partial charge is 0.338 e. The molecule has 0 amide bonds. The Morgan fingerprint density at radius 1 is 0.731 bits per heavy atom. The standard InChI is InChI=1S/C20H12Cl3N3/c21-12-9-10-13(16(23)11-12)19-24-17-7-3-1-5-14(17)20(26-19)25-18-8-4-2-6-15(18)22/h1-11H,(H,24,25,26). The van der Waals surface area contributed by atoms with Crippen LogP contribution in [0.25, 0.3) is 22.3 Å². The Morgan fingerprint density at radius 2 is 1.50 bits per heavy atom. The van der Waals surface area contributed by atoms with Gasteiger partial charge >= 0.3 is 0 Å². The molecule has 0 radical (unpaired) electrons. The van der Waals surface area contributed by atoms with Crippen LogP contribution < -0.4 is 5.32 Å². The van der Waals surface area contributed by atoms with Crippen molar-refractivity contribution in [2.24, 2.45) is 0 Å². The van der Waals surface area contributed by atoms with Crippen molar-refractivity contribution in [3.63, 3.8) is 0 Å². The van der Waals surface area contributed by atoms with E-state index < -0.39 is 0 Å². The van der Waals surface area contributed by atoms with E-state index >= 15 is 0 Å². The summed E-state index contributed by atoms with van der Waals surface area (Å²) in [4.78, 5) is 9.34. The number of fused-ring (bicyclic) bond motifs is 1. The van der Waals surface area contributed by atoms with Gasteiger partial charge in [-0.1, -0.05) is 59.1 Å². The lowest BCUT2D eigenvalue weighted by atomic mass is 10.1. The van der Waals surface area contributed by atoms with E-state index in [0.717, 1.165) is 16.6 Å². The first kappa shape index (κ1) is 17.1. The predicted molar refractivity (Wildman–Crippen MR) is 110 cm³/mol. The van der Waals surface area contributed by atoms with Crippen molar-refractivity contribution in [2.45, 2.75) is 0 Å². The van der Waals surface area contributed by atoms with Crippen LogP contribution in [0.3, 0.4) is 0 Å². The molecule has 4 aromatic rings. The van der Waals surface area contributed by atoms with Crippen molar-refractivity contribution in [1.82, 2.24) is 9.97 Å². The third-order valence-electron chi connectivity index (χ3n) is 3.90. The molecule has 1 N–H and O–H groups in total. The quantitative estimate of drug-likeness (QED) is 0.402. The molecule has 3 nitrogen and oxygen atoms in total. The second-order valence-corrected chi connectivity index (χ2v) is 6.89. The predicted octanol–water partition coefficient (Wildman–Crippen LogP) is 7.00. The van der Waals surface area contributed by atoms with Crippen LogP contribution in [0, 0.1) is 0 Å². The van der Waals surface area contributed by atoms with Crippen LogP contribution in [0.15, 0.2) is 66.7 Å². The molecular weight excluding hydrogens is 389 g/mol. The van der Waals surface area contributed by atoms with Crippen LogP contribution in [0.2, 0.25) is 15.1 Å². The van der Waals surface area contributed by atoms with E-state index in [0.29, 0.717) is 32.3 Å². The summed E-state index contributed by atoms with van der Waals surface area (Å²) in [6.07, 6.45) is 0. The SMILES string of the molecule is Clc1ccc(-c2nc(Nc3ccccc3Cl)c3ccccc3n2)c(Cl)c1. The molecule has 0 saturated heterocycles. The fourth-order valence-electron chi connectivity index (χ4n) is 2.65. The average molecular weight is 401 g/mol. The lowest BCUT2D eigenvalue weighted by Gasteiger charge is -2.12. The van der Waals surface area contributed by atoms with E-state index in [4.69, 9.17) is 34.8 Å². The Kier molecular flexibility index (Phi) is 4.68. The molecule has 0 aliphatic carbocycles. The van der Waals surface area contributed by atoms with Gasteiger partial charge in [0.05, 0.1) is 21.2 Å². The molecular formula is C20H12Cl3N3. The van der Waals surface area contributed by atoms with Crippen LogP contribution in [0.5, 0.6) is 0 Å². The van der Waals surface area contributed by atoms with Gasteiger partial charge in [0.25, 0.3) is 0 Å². The molecule has 0 atom stereocenters. The van der Waals surface area contributed by atoms with Gasteiger partial charge in [0.2, 0.25) is 0 Å². The first-order valence-electron chi connectivity index (χ1n) is 7.85. The van der Waals surface area contributed by atoms with Crippen LogP contribution >= 0.6 is 34.8 Å². The first-order chi connectivity index (χ1) is 12.6. The molecule has 0 saturated carbocycles. The normalized spacial score (nSPS) is 10.9. The smallest absolute Gasteiger partial charge is 0.163 e. The maximum Gasteiger partial charge on any atom is 0.163 e. The number of halogens is 3. The molecule has 0 fully saturated rings. The van der Waals surface area contributed by atoms with Crippen molar-refractivity contribution >= 4 is 57.2 Å². The Balaban J connectivity index is 1.90. The summed E-state index contributed by atoms with van der Waals surface area (Å²) in [5.41, 5.74) is 2.29. The Hall–Kier alpha value is -2.33. The number of rotatable bonds is 3. The Labute approximate surface area is 165 Å². The van der Waals surface area contributed by atoms with Gasteiger partial charge in [-0.25, -0.2) is 9.97 Å². The summed E-state index contributed by atoms with van der Waals surface area (Å²) in [5, 5.41) is 5.87. The molecule has 26 heavy (non-hydrogen) atoms. The van der Waals surface area contributed by atoms with E-state index in [1.807, 2.05) is 54.6 Å². The molecule has 3 aromatic carbocycles. The van der Waals surface area contributed by atoms with Crippen LogP contribution in [-0.2, 0) is 0 Å². The minimum absolute atomic E-state index is 0.497. The zero-order chi connectivity index (χ0) is 18.1. The highest BCUT2D eigenvalue weighted by molar-refractivity contribution is 6.36. The summed E-state index contributed by atoms with van der Waals surface area (Å²) >= 11 is 18.6. The molecule has 0 unspecified atom stereocenters. The van der Waals surface area contributed by atoms with Gasteiger partial charge in [-0.15, -0.1) is 0 Å². The highest BCUT2D eigenvalue weighted by Crippen LogP contribution is 2.33. The van der Waals surface area contributed by atoms with Crippen molar-refractivity contribution < 1.29 is 0 Å². The maximum atomic E-state index is 6.35. The number of anilines is 2. The summed E-state index contributed by atoms with van der Waals surface area (Å²) in [5.74, 6) is 1.17. The molecule has 128 valence electrons. The minimum Gasteiger partial charge on any atom is -0.338 e. The summed E-state index contributed by atoms with van der Waals surface area (Å²) < 4.78 is 0. The van der Waals surface area contributed by atoms with Gasteiger partial charge in [0.15, 0.2) is 5.82 Å². The highest BCUT2D eigenvalue weighted by atomic mass is 35.5. The number of nitrogens with one attached hydrogen (secondary N) is 1. The van der Waals surface area contributed by atoms with Crippen molar-refractivity contribution in [1.29, 1.82) is 0 Å². The molecule has 1 aromatic heterocycles. The molecule has 4 rings (SSSR count). The third kappa shape index (κ3) is 3.34. The molecule has 0 spiro atoms. The van der Waals surface area contributed by atoms with Gasteiger partial charge in [-0.05, 0) is 42.5 Å². The lowest BCUT2D eigenvalue weighted by molar-refractivity contribution is 1.22. The Morgan fingerprint density at radius 3 is 2.31 bits per heavy atom. The van der Waals surface area contributed by atoms with Crippen LogP contribution in [0.1, 0.15) is 0 Å². The van der Waals surface area contributed by atoms with Gasteiger partial charge in [0.1, 0.15) is 5.82 Å². The molecule has 0 aliphatic heterocycles. The number of hydrogen-bond donors (Lipinski definition) is 1. The van der Waals surface area contributed by atoms with Crippen LogP contribution in [-0.4, -0.2) is 9.97 Å². The second kappa shape index (κ2) is 7.12. The zero-order valence-corrected chi connectivity index (χ0v) is 15.6. The van der Waals surface area contributed by atoms with Gasteiger partial charge < -0.3 is 5.32 Å². The minimum atomic E-state index is 0.497. The number of hydrogen-bond acceptors (Lipinski definition) is 3. The van der Waals surface area contributed by atoms with Crippen molar-refractivity contribution in [2.75, 3.05) is 5.32 Å². The number of para-hydroxylation sites is 2. The monoisotopic (exact) mass is 399 g/mol. The van der Waals surface area contributed by atoms with E-state index in [2.05, 4.69) is 15.3 Å². The number of benzene rings is 3. The summed E-state index contributed by atoms with van der Waals surface area (Å²) in [7, 11) is 0. The van der Waals surface area contributed by atoms with Gasteiger partial charge in [0, 0.05) is 16.0 Å². The molecule has 0 aliphatic rings. The molecule has 0 bridgehead atoms. The second-order valence-electron chi connectivity index (χ2n) is 5.64. The first-order valence-corrected chi connectivity index (χ1v) is 8.99. The fraction of sp³-hybridized carbons (Fsp3) is 0. The molecule has 1 heterocycles. The highest BCUT2D eigenvalue weighted by Gasteiger charge is 2.13. The number of aromatic nitrogens is 2. The van der Waals surface area contributed by atoms with E-state index in [9.17, 15) is 0 Å². The lowest BCUT2D eigenvalue weighted by Crippen LogP contribution is -2.00. The number of nitrogens with zero attached hydrogens (tertiary/aromatic N) is 2. The summed E-state index contributed by atoms with van der Waals surface area (Å²) in [6, 6.07) is 20.5. The van der Waals surface area contributed by atoms with E-state index in [-0.39, 0.29) is 0 Å². The Bertz CT molecular complexity index is 1110. The van der Waals surface area contributed by atoms with E-state index in [1.165, 1.54) is 0 Å². The maximum absolute atomic E-state index is 6.35. The van der Waals surface area contributed by atoms with Gasteiger partial charge in [-0.3, -0.25) is 0 Å². The summed E-state index contributed by atoms with van der Waals surface area (Å²) in [6.45, 7) is 0. The zero-order valence-electron chi connectivity index (χ0n) is 13.4. The fourth-order valence-corrected chi connectivity index (χ4v) is 3.33.